The Morgan fingerprint density at radius 2 is 2.00 bits per heavy atom. The molecule has 2 aromatic rings. The van der Waals surface area contributed by atoms with Crippen molar-refractivity contribution in [2.45, 2.75) is 32.6 Å². The van der Waals surface area contributed by atoms with Crippen LogP contribution >= 0.6 is 0 Å². The van der Waals surface area contributed by atoms with Crippen molar-refractivity contribution >= 4 is 22.3 Å². The van der Waals surface area contributed by atoms with E-state index in [9.17, 15) is 0 Å². The number of hydrogen-bond donors (Lipinski definition) is 1. The first-order chi connectivity index (χ1) is 9.33. The fraction of sp³-hybridized carbons (Fsp3) is 0.400. The van der Waals surface area contributed by atoms with Crippen molar-refractivity contribution in [1.82, 2.24) is 10.2 Å². The quantitative estimate of drug-likeness (QED) is 0.833. The smallest absolute Gasteiger partial charge is 0.176 e. The van der Waals surface area contributed by atoms with Crippen LogP contribution in [0.2, 0.25) is 0 Å². The van der Waals surface area contributed by atoms with Crippen LogP contribution in [0.4, 0.5) is 5.82 Å². The summed E-state index contributed by atoms with van der Waals surface area (Å²) < 4.78 is 0. The third-order valence-electron chi connectivity index (χ3n) is 3.74. The minimum atomic E-state index is 0.740. The minimum absolute atomic E-state index is 0.740. The van der Waals surface area contributed by atoms with E-state index in [2.05, 4.69) is 27.6 Å². The zero-order chi connectivity index (χ0) is 13.1. The Morgan fingerprint density at radius 3 is 2.84 bits per heavy atom. The summed E-state index contributed by atoms with van der Waals surface area (Å²) in [7, 11) is 0. The van der Waals surface area contributed by atoms with Crippen LogP contribution in [0.25, 0.3) is 10.8 Å². The van der Waals surface area contributed by atoms with E-state index in [4.69, 9.17) is 0 Å². The fourth-order valence-electron chi connectivity index (χ4n) is 2.45. The van der Waals surface area contributed by atoms with Gasteiger partial charge < -0.3 is 0 Å². The maximum absolute atomic E-state index is 4.50. The summed E-state index contributed by atoms with van der Waals surface area (Å²) in [6, 6.07) is 8.08. The van der Waals surface area contributed by atoms with Crippen LogP contribution in [-0.4, -0.2) is 15.9 Å². The summed E-state index contributed by atoms with van der Waals surface area (Å²) in [4.78, 5) is 0. The molecule has 4 nitrogen and oxygen atoms in total. The summed E-state index contributed by atoms with van der Waals surface area (Å²) in [6.07, 6.45) is 6.43. The number of benzene rings is 1. The van der Waals surface area contributed by atoms with Crippen LogP contribution in [0.1, 0.15) is 32.6 Å². The second kappa shape index (κ2) is 5.34. The number of fused-ring (bicyclic) bond motifs is 1. The normalized spacial score (nSPS) is 19.4. The number of hydrogen-bond acceptors (Lipinski definition) is 4. The fourth-order valence-corrected chi connectivity index (χ4v) is 2.45. The third kappa shape index (κ3) is 2.72. The predicted octanol–water partition coefficient (Wildman–Crippen LogP) is 3.61. The van der Waals surface area contributed by atoms with Crippen LogP contribution in [-0.2, 0) is 0 Å². The highest BCUT2D eigenvalue weighted by atomic mass is 15.3. The van der Waals surface area contributed by atoms with E-state index in [0.717, 1.165) is 35.3 Å². The number of aromatic nitrogens is 2. The topological polar surface area (TPSA) is 50.2 Å². The van der Waals surface area contributed by atoms with Crippen molar-refractivity contribution in [2.75, 3.05) is 5.43 Å². The second-order valence-corrected chi connectivity index (χ2v) is 5.25. The Hall–Kier alpha value is -1.97. The monoisotopic (exact) mass is 254 g/mol. The Balaban J connectivity index is 1.80. The van der Waals surface area contributed by atoms with Gasteiger partial charge in [-0.25, -0.2) is 0 Å². The molecule has 1 heterocycles. The highest BCUT2D eigenvalue weighted by Crippen LogP contribution is 2.23. The number of hydrazone groups is 1. The van der Waals surface area contributed by atoms with Crippen LogP contribution < -0.4 is 5.43 Å². The van der Waals surface area contributed by atoms with Gasteiger partial charge in [-0.1, -0.05) is 31.2 Å². The van der Waals surface area contributed by atoms with Crippen molar-refractivity contribution in [3.63, 3.8) is 0 Å². The lowest BCUT2D eigenvalue weighted by atomic mass is 9.90. The molecule has 98 valence electrons. The summed E-state index contributed by atoms with van der Waals surface area (Å²) >= 11 is 0. The van der Waals surface area contributed by atoms with E-state index in [1.54, 1.807) is 6.20 Å². The summed E-state index contributed by atoms with van der Waals surface area (Å²) in [6.45, 7) is 2.31. The van der Waals surface area contributed by atoms with E-state index in [1.807, 2.05) is 24.3 Å². The van der Waals surface area contributed by atoms with E-state index in [1.165, 1.54) is 18.6 Å². The Bertz CT molecular complexity index is 591. The Labute approximate surface area is 112 Å². The molecule has 0 radical (unpaired) electrons. The molecule has 3 rings (SSSR count). The predicted molar refractivity (Wildman–Crippen MR) is 78.2 cm³/mol. The zero-order valence-electron chi connectivity index (χ0n) is 11.1. The van der Waals surface area contributed by atoms with Gasteiger partial charge in [0.05, 0.1) is 6.20 Å². The molecule has 1 aromatic heterocycles. The van der Waals surface area contributed by atoms with E-state index >= 15 is 0 Å². The number of nitrogens with one attached hydrogen (secondary N) is 1. The van der Waals surface area contributed by atoms with Gasteiger partial charge in [-0.3, -0.25) is 5.43 Å². The zero-order valence-corrected chi connectivity index (χ0v) is 11.1. The molecule has 4 heteroatoms. The van der Waals surface area contributed by atoms with Crippen molar-refractivity contribution in [2.24, 2.45) is 11.0 Å². The first-order valence-electron chi connectivity index (χ1n) is 6.85. The molecule has 0 saturated heterocycles. The lowest BCUT2D eigenvalue weighted by Crippen LogP contribution is -2.13. The average Bonchev–Trinajstić information content (AvgIpc) is 2.47. The first kappa shape index (κ1) is 12.1. The van der Waals surface area contributed by atoms with Crippen LogP contribution in [0.15, 0.2) is 35.6 Å². The Kier molecular flexibility index (Phi) is 3.40. The highest BCUT2D eigenvalue weighted by Gasteiger charge is 2.13. The number of rotatable bonds is 2. The molecule has 1 aliphatic rings. The maximum atomic E-state index is 4.50. The van der Waals surface area contributed by atoms with Gasteiger partial charge >= 0.3 is 0 Å². The molecule has 0 amide bonds. The molecular formula is C15H18N4. The molecule has 1 N–H and O–H groups in total. The second-order valence-electron chi connectivity index (χ2n) is 5.25. The van der Waals surface area contributed by atoms with E-state index < -0.39 is 0 Å². The van der Waals surface area contributed by atoms with Crippen molar-refractivity contribution in [1.29, 1.82) is 0 Å². The third-order valence-corrected chi connectivity index (χ3v) is 3.74. The molecule has 0 bridgehead atoms. The number of anilines is 1. The molecule has 1 fully saturated rings. The van der Waals surface area contributed by atoms with Crippen molar-refractivity contribution < 1.29 is 0 Å². The lowest BCUT2D eigenvalue weighted by Gasteiger charge is -2.18. The van der Waals surface area contributed by atoms with Gasteiger partial charge in [0.15, 0.2) is 5.82 Å². The minimum Gasteiger partial charge on any atom is -0.259 e. The molecule has 1 aromatic carbocycles. The SMILES string of the molecule is CC1CCC(=NNc2nncc3ccccc23)CC1. The van der Waals surface area contributed by atoms with Gasteiger partial charge in [0, 0.05) is 16.5 Å². The molecule has 19 heavy (non-hydrogen) atoms. The molecule has 0 unspecified atom stereocenters. The molecule has 0 spiro atoms. The molecule has 1 aliphatic carbocycles. The standard InChI is InChI=1S/C15H18N4/c1-11-6-8-13(9-7-11)17-19-15-14-5-3-2-4-12(14)10-16-18-15/h2-5,10-11H,6-9H2,1H3,(H,18,19). The molecule has 0 aliphatic heterocycles. The van der Waals surface area contributed by atoms with Crippen LogP contribution in [0.5, 0.6) is 0 Å². The largest absolute Gasteiger partial charge is 0.259 e. The van der Waals surface area contributed by atoms with Gasteiger partial charge in [0.2, 0.25) is 0 Å². The van der Waals surface area contributed by atoms with Gasteiger partial charge in [0.1, 0.15) is 0 Å². The van der Waals surface area contributed by atoms with Crippen molar-refractivity contribution in [3.8, 4) is 0 Å². The maximum Gasteiger partial charge on any atom is 0.176 e. The van der Waals surface area contributed by atoms with Gasteiger partial charge in [-0.2, -0.15) is 10.2 Å². The average molecular weight is 254 g/mol. The molecule has 1 saturated carbocycles. The van der Waals surface area contributed by atoms with Crippen LogP contribution in [0, 0.1) is 5.92 Å². The van der Waals surface area contributed by atoms with E-state index in [0.29, 0.717) is 0 Å². The summed E-state index contributed by atoms with van der Waals surface area (Å²) in [5.41, 5.74) is 4.33. The molecular weight excluding hydrogens is 236 g/mol. The molecule has 0 atom stereocenters. The number of nitrogens with zero attached hydrogens (tertiary/aromatic N) is 3. The van der Waals surface area contributed by atoms with Crippen LogP contribution in [0.3, 0.4) is 0 Å². The van der Waals surface area contributed by atoms with Gasteiger partial charge in [0.25, 0.3) is 0 Å². The summed E-state index contributed by atoms with van der Waals surface area (Å²) in [5.74, 6) is 1.57. The van der Waals surface area contributed by atoms with Crippen molar-refractivity contribution in [3.05, 3.63) is 30.5 Å². The van der Waals surface area contributed by atoms with Gasteiger partial charge in [-0.05, 0) is 31.6 Å². The highest BCUT2D eigenvalue weighted by molar-refractivity contribution is 5.92. The summed E-state index contributed by atoms with van der Waals surface area (Å²) in [5, 5.41) is 14.8. The van der Waals surface area contributed by atoms with Gasteiger partial charge in [-0.15, -0.1) is 5.10 Å². The van der Waals surface area contributed by atoms with E-state index in [-0.39, 0.29) is 0 Å². The first-order valence-corrected chi connectivity index (χ1v) is 6.85. The Morgan fingerprint density at radius 1 is 1.21 bits per heavy atom. The lowest BCUT2D eigenvalue weighted by molar-refractivity contribution is 0.483.